The molecule has 0 aliphatic heterocycles. The maximum Gasteiger partial charge on any atom is 0.404 e. The van der Waals surface area contributed by atoms with Crippen molar-refractivity contribution in [1.82, 2.24) is 0 Å². The summed E-state index contributed by atoms with van der Waals surface area (Å²) in [6.45, 7) is 2.55. The Kier molecular flexibility index (Phi) is 7.79. The molecule has 0 aliphatic rings. The molecule has 172 valence electrons. The quantitative estimate of drug-likeness (QED) is 0.271. The zero-order valence-electron chi connectivity index (χ0n) is 17.6. The van der Waals surface area contributed by atoms with Crippen LogP contribution in [0.5, 0.6) is 0 Å². The summed E-state index contributed by atoms with van der Waals surface area (Å²) in [5.74, 6) is 0. The third-order valence-corrected chi connectivity index (χ3v) is 7.64. The van der Waals surface area contributed by atoms with E-state index in [0.29, 0.717) is 11.3 Å². The highest BCUT2D eigenvalue weighted by molar-refractivity contribution is 7.80. The molecule has 3 aromatic rings. The molecule has 0 fully saturated rings. The molecule has 10 heteroatoms. The van der Waals surface area contributed by atoms with E-state index >= 15 is 0 Å². The Morgan fingerprint density at radius 2 is 1.56 bits per heavy atom. The number of rotatable bonds is 10. The van der Waals surface area contributed by atoms with Crippen molar-refractivity contribution in [2.75, 3.05) is 17.5 Å². The van der Waals surface area contributed by atoms with Crippen LogP contribution in [0.1, 0.15) is 25.0 Å². The monoisotopic (exact) mass is 483 g/mol. The van der Waals surface area contributed by atoms with Gasteiger partial charge in [0.15, 0.2) is 0 Å². The Hall–Kier alpha value is -2.16. The van der Waals surface area contributed by atoms with Crippen LogP contribution in [0, 0.1) is 0 Å². The van der Waals surface area contributed by atoms with Crippen LogP contribution in [0.4, 0.5) is 14.5 Å². The van der Waals surface area contributed by atoms with E-state index in [1.165, 1.54) is 30.3 Å². The average molecular weight is 483 g/mol. The molecule has 1 unspecified atom stereocenters. The summed E-state index contributed by atoms with van der Waals surface area (Å²) in [6.07, 6.45) is 0. The molecule has 0 amide bonds. The second kappa shape index (κ2) is 10.2. The summed E-state index contributed by atoms with van der Waals surface area (Å²) in [5, 5.41) is 1.89. The van der Waals surface area contributed by atoms with Gasteiger partial charge in [0.05, 0.1) is 25.4 Å². The highest BCUT2D eigenvalue weighted by atomic mass is 32.2. The van der Waals surface area contributed by atoms with Crippen LogP contribution in [0.3, 0.4) is 0 Å². The standard InChI is InChI=1S/C22H24F2NO5PS/c1-3-29-31(26,30-4-2)22(23,24)20-12-9-17(10-13-20)16-25(32(27)28)21-14-11-18-7-5-6-8-19(18)15-21/h5-15H,3-4,16H2,1-2H3,(H,27,28). The van der Waals surface area contributed by atoms with Crippen molar-refractivity contribution in [2.45, 2.75) is 26.1 Å². The van der Waals surface area contributed by atoms with Gasteiger partial charge in [-0.15, -0.1) is 0 Å². The minimum Gasteiger partial charge on any atom is -0.304 e. The minimum atomic E-state index is -4.71. The topological polar surface area (TPSA) is 76.1 Å². The van der Waals surface area contributed by atoms with E-state index in [-0.39, 0.29) is 19.8 Å². The SMILES string of the molecule is CCOP(=O)(OCC)C(F)(F)c1ccc(CN(c2ccc3ccccc3c2)S(=O)O)cc1. The van der Waals surface area contributed by atoms with Gasteiger partial charge < -0.3 is 9.05 Å². The van der Waals surface area contributed by atoms with Gasteiger partial charge in [0.1, 0.15) is 0 Å². The van der Waals surface area contributed by atoms with Gasteiger partial charge in [-0.05, 0) is 42.3 Å². The fourth-order valence-corrected chi connectivity index (χ4v) is 5.34. The molecule has 0 saturated carbocycles. The zero-order chi connectivity index (χ0) is 23.4. The Balaban J connectivity index is 1.86. The average Bonchev–Trinajstić information content (AvgIpc) is 2.77. The van der Waals surface area contributed by atoms with Gasteiger partial charge in [-0.2, -0.15) is 8.78 Å². The van der Waals surface area contributed by atoms with E-state index in [2.05, 4.69) is 0 Å². The second-order valence-electron chi connectivity index (χ2n) is 6.87. The highest BCUT2D eigenvalue weighted by Crippen LogP contribution is 2.66. The van der Waals surface area contributed by atoms with Gasteiger partial charge in [-0.1, -0.05) is 54.6 Å². The van der Waals surface area contributed by atoms with Crippen LogP contribution in [0.2, 0.25) is 0 Å². The van der Waals surface area contributed by atoms with Crippen molar-refractivity contribution in [2.24, 2.45) is 0 Å². The number of anilines is 1. The number of hydrogen-bond acceptors (Lipinski definition) is 4. The molecule has 6 nitrogen and oxygen atoms in total. The normalized spacial score (nSPS) is 13.3. The summed E-state index contributed by atoms with van der Waals surface area (Å²) in [6, 6.07) is 18.0. The molecule has 32 heavy (non-hydrogen) atoms. The molecule has 3 rings (SSSR count). The molecule has 0 aromatic heterocycles. The lowest BCUT2D eigenvalue weighted by molar-refractivity contribution is 0.0360. The molecule has 0 spiro atoms. The lowest BCUT2D eigenvalue weighted by atomic mass is 10.1. The van der Waals surface area contributed by atoms with Gasteiger partial charge >= 0.3 is 13.3 Å². The first-order chi connectivity index (χ1) is 15.2. The van der Waals surface area contributed by atoms with Gasteiger partial charge in [-0.25, -0.2) is 4.21 Å². The lowest BCUT2D eigenvalue weighted by Gasteiger charge is -2.26. The van der Waals surface area contributed by atoms with Crippen LogP contribution in [0.15, 0.2) is 66.7 Å². The van der Waals surface area contributed by atoms with Crippen LogP contribution in [-0.4, -0.2) is 22.0 Å². The Morgan fingerprint density at radius 1 is 0.969 bits per heavy atom. The van der Waals surface area contributed by atoms with Crippen molar-refractivity contribution < 1.29 is 31.2 Å². The number of alkyl halides is 2. The molecule has 3 aromatic carbocycles. The summed E-state index contributed by atoms with van der Waals surface area (Å²) >= 11 is -2.34. The maximum atomic E-state index is 14.9. The number of halogens is 2. The Bertz CT molecular complexity index is 1130. The first-order valence-electron chi connectivity index (χ1n) is 9.95. The van der Waals surface area contributed by atoms with Crippen molar-refractivity contribution in [3.05, 3.63) is 77.9 Å². The van der Waals surface area contributed by atoms with Crippen molar-refractivity contribution >= 4 is 35.3 Å². The predicted molar refractivity (Wildman–Crippen MR) is 122 cm³/mol. The van der Waals surface area contributed by atoms with Crippen molar-refractivity contribution in [3.63, 3.8) is 0 Å². The van der Waals surface area contributed by atoms with E-state index in [1.807, 2.05) is 30.3 Å². The van der Waals surface area contributed by atoms with Crippen LogP contribution in [-0.2, 0) is 37.1 Å². The molecule has 1 atom stereocenters. The van der Waals surface area contributed by atoms with E-state index in [9.17, 15) is 22.1 Å². The number of fused-ring (bicyclic) bond motifs is 1. The minimum absolute atomic E-state index is 0.00187. The molecular weight excluding hydrogens is 459 g/mol. The van der Waals surface area contributed by atoms with Gasteiger partial charge in [-0.3, -0.25) is 13.4 Å². The molecule has 1 N–H and O–H groups in total. The number of benzene rings is 3. The van der Waals surface area contributed by atoms with E-state index < -0.39 is 30.1 Å². The Morgan fingerprint density at radius 3 is 2.12 bits per heavy atom. The third-order valence-electron chi connectivity index (χ3n) is 4.78. The van der Waals surface area contributed by atoms with Crippen LogP contribution in [0.25, 0.3) is 10.8 Å². The highest BCUT2D eigenvalue weighted by Gasteiger charge is 2.54. The first-order valence-corrected chi connectivity index (χ1v) is 12.6. The van der Waals surface area contributed by atoms with E-state index in [4.69, 9.17) is 9.05 Å². The van der Waals surface area contributed by atoms with Gasteiger partial charge in [0, 0.05) is 5.56 Å². The molecule has 0 heterocycles. The molecule has 0 aliphatic carbocycles. The molecule has 0 saturated heterocycles. The Labute approximate surface area is 188 Å². The molecule has 0 bridgehead atoms. The second-order valence-corrected chi connectivity index (χ2v) is 9.85. The first kappa shape index (κ1) is 24.5. The maximum absolute atomic E-state index is 14.9. The predicted octanol–water partition coefficient (Wildman–Crippen LogP) is 6.30. The van der Waals surface area contributed by atoms with Crippen molar-refractivity contribution in [3.8, 4) is 0 Å². The van der Waals surface area contributed by atoms with Gasteiger partial charge in [0.25, 0.3) is 11.3 Å². The summed E-state index contributed by atoms with van der Waals surface area (Å²) in [4.78, 5) is 0. The van der Waals surface area contributed by atoms with Gasteiger partial charge in [0.2, 0.25) is 0 Å². The summed E-state index contributed by atoms with van der Waals surface area (Å²) in [5.41, 5.74) is -3.33. The van der Waals surface area contributed by atoms with Crippen LogP contribution >= 0.6 is 7.60 Å². The third kappa shape index (κ3) is 5.08. The van der Waals surface area contributed by atoms with Crippen LogP contribution < -0.4 is 4.31 Å². The summed E-state index contributed by atoms with van der Waals surface area (Å²) < 4.78 is 75.1. The summed E-state index contributed by atoms with van der Waals surface area (Å²) in [7, 11) is -4.71. The largest absolute Gasteiger partial charge is 0.404 e. The fourth-order valence-electron chi connectivity index (χ4n) is 3.24. The number of hydrogen-bond donors (Lipinski definition) is 1. The number of nitrogens with zero attached hydrogens (tertiary/aromatic N) is 1. The fraction of sp³-hybridized carbons (Fsp3) is 0.273. The zero-order valence-corrected chi connectivity index (χ0v) is 19.3. The lowest BCUT2D eigenvalue weighted by Crippen LogP contribution is -2.24. The van der Waals surface area contributed by atoms with E-state index in [1.54, 1.807) is 12.1 Å². The molecular formula is C22H24F2NO5PS. The smallest absolute Gasteiger partial charge is 0.304 e. The van der Waals surface area contributed by atoms with E-state index in [0.717, 1.165) is 22.9 Å². The molecule has 0 radical (unpaired) electrons. The van der Waals surface area contributed by atoms with Crippen molar-refractivity contribution in [1.29, 1.82) is 0 Å².